The predicted molar refractivity (Wildman–Crippen MR) is 112 cm³/mol. The SMILES string of the molecule is CC(C)c1ccnc(N2CCN(Cc3ccc(CO)cc3)CC2)c1C(=O)O.Cl. The Hall–Kier alpha value is -2.15. The first-order valence-corrected chi connectivity index (χ1v) is 9.37. The number of carboxylic acid groups (broad SMARTS) is 1. The summed E-state index contributed by atoms with van der Waals surface area (Å²) >= 11 is 0. The molecule has 0 amide bonds. The second-order valence-corrected chi connectivity index (χ2v) is 7.30. The molecule has 0 saturated carbocycles. The van der Waals surface area contributed by atoms with E-state index >= 15 is 0 Å². The lowest BCUT2D eigenvalue weighted by atomic mass is 9.98. The number of rotatable bonds is 6. The number of carboxylic acids is 1. The molecule has 28 heavy (non-hydrogen) atoms. The van der Waals surface area contributed by atoms with Crippen LogP contribution in [0.15, 0.2) is 36.5 Å². The van der Waals surface area contributed by atoms with Gasteiger partial charge in [0.2, 0.25) is 0 Å². The van der Waals surface area contributed by atoms with Crippen LogP contribution in [-0.2, 0) is 13.2 Å². The van der Waals surface area contributed by atoms with Crippen LogP contribution < -0.4 is 4.90 Å². The number of pyridine rings is 1. The Kier molecular flexibility index (Phi) is 7.80. The van der Waals surface area contributed by atoms with Crippen molar-refractivity contribution in [2.45, 2.75) is 32.9 Å². The van der Waals surface area contributed by atoms with Crippen molar-refractivity contribution >= 4 is 24.2 Å². The van der Waals surface area contributed by atoms with E-state index in [-0.39, 0.29) is 24.9 Å². The predicted octanol–water partition coefficient (Wildman–Crippen LogP) is 3.14. The lowest BCUT2D eigenvalue weighted by Gasteiger charge is -2.36. The molecule has 1 fully saturated rings. The third kappa shape index (κ3) is 5.01. The highest BCUT2D eigenvalue weighted by Crippen LogP contribution is 2.27. The molecule has 2 aromatic rings. The van der Waals surface area contributed by atoms with Gasteiger partial charge in [-0.3, -0.25) is 4.90 Å². The number of aliphatic hydroxyl groups is 1. The first-order valence-electron chi connectivity index (χ1n) is 9.37. The number of benzene rings is 1. The molecule has 2 N–H and O–H groups in total. The number of aromatic nitrogens is 1. The number of carbonyl (C=O) groups is 1. The standard InChI is InChI=1S/C21H27N3O3.ClH/c1-15(2)18-7-8-22-20(19(18)21(26)27)24-11-9-23(10-12-24)13-16-3-5-17(14-25)6-4-16;/h3-8,15,25H,9-14H2,1-2H3,(H,26,27);1H. The molecule has 1 aliphatic rings. The van der Waals surface area contributed by atoms with Crippen LogP contribution in [0.2, 0.25) is 0 Å². The van der Waals surface area contributed by atoms with E-state index in [0.717, 1.165) is 43.9 Å². The Bertz CT molecular complexity index is 788. The maximum atomic E-state index is 11.9. The molecule has 152 valence electrons. The molecule has 1 saturated heterocycles. The van der Waals surface area contributed by atoms with Gasteiger partial charge in [0.25, 0.3) is 0 Å². The Labute approximate surface area is 172 Å². The Morgan fingerprint density at radius 1 is 1.07 bits per heavy atom. The zero-order valence-electron chi connectivity index (χ0n) is 16.3. The van der Waals surface area contributed by atoms with Crippen molar-refractivity contribution in [1.29, 1.82) is 0 Å². The van der Waals surface area contributed by atoms with Gasteiger partial charge in [0.1, 0.15) is 11.4 Å². The summed E-state index contributed by atoms with van der Waals surface area (Å²) < 4.78 is 0. The van der Waals surface area contributed by atoms with Gasteiger partial charge in [-0.15, -0.1) is 12.4 Å². The molecule has 1 aromatic heterocycles. The summed E-state index contributed by atoms with van der Waals surface area (Å²) in [6.45, 7) is 8.14. The average Bonchev–Trinajstić information content (AvgIpc) is 2.68. The quantitative estimate of drug-likeness (QED) is 0.768. The molecular weight excluding hydrogens is 378 g/mol. The number of halogens is 1. The highest BCUT2D eigenvalue weighted by atomic mass is 35.5. The smallest absolute Gasteiger partial charge is 0.339 e. The molecule has 3 rings (SSSR count). The fourth-order valence-corrected chi connectivity index (χ4v) is 3.53. The molecule has 0 spiro atoms. The largest absolute Gasteiger partial charge is 0.478 e. The van der Waals surface area contributed by atoms with Gasteiger partial charge in [0.05, 0.1) is 6.61 Å². The van der Waals surface area contributed by atoms with Crippen LogP contribution in [0, 0.1) is 0 Å². The van der Waals surface area contributed by atoms with Crippen LogP contribution >= 0.6 is 12.4 Å². The van der Waals surface area contributed by atoms with Gasteiger partial charge in [-0.1, -0.05) is 38.1 Å². The van der Waals surface area contributed by atoms with Crippen molar-refractivity contribution in [3.63, 3.8) is 0 Å². The minimum Gasteiger partial charge on any atom is -0.478 e. The number of anilines is 1. The van der Waals surface area contributed by atoms with E-state index in [2.05, 4.69) is 14.8 Å². The minimum atomic E-state index is -0.909. The van der Waals surface area contributed by atoms with E-state index in [9.17, 15) is 9.90 Å². The fraction of sp³-hybridized carbons (Fsp3) is 0.429. The normalized spacial score (nSPS) is 14.8. The van der Waals surface area contributed by atoms with E-state index in [0.29, 0.717) is 11.4 Å². The van der Waals surface area contributed by atoms with Crippen molar-refractivity contribution in [3.05, 3.63) is 58.8 Å². The summed E-state index contributed by atoms with van der Waals surface area (Å²) in [4.78, 5) is 20.7. The number of nitrogens with zero attached hydrogens (tertiary/aromatic N) is 3. The van der Waals surface area contributed by atoms with Crippen LogP contribution in [0.1, 0.15) is 46.8 Å². The third-order valence-corrected chi connectivity index (χ3v) is 5.08. The summed E-state index contributed by atoms with van der Waals surface area (Å²) in [5.74, 6) is -0.185. The Balaban J connectivity index is 0.00000280. The number of aromatic carboxylic acids is 1. The molecule has 7 heteroatoms. The highest BCUT2D eigenvalue weighted by molar-refractivity contribution is 5.95. The lowest BCUT2D eigenvalue weighted by molar-refractivity contribution is 0.0695. The summed E-state index contributed by atoms with van der Waals surface area (Å²) in [6, 6.07) is 9.81. The summed E-state index contributed by atoms with van der Waals surface area (Å²) in [5.41, 5.74) is 3.30. The van der Waals surface area contributed by atoms with Crippen molar-refractivity contribution in [2.75, 3.05) is 31.1 Å². The van der Waals surface area contributed by atoms with Crippen molar-refractivity contribution in [3.8, 4) is 0 Å². The van der Waals surface area contributed by atoms with Crippen LogP contribution in [0.5, 0.6) is 0 Å². The van der Waals surface area contributed by atoms with E-state index in [1.165, 1.54) is 5.56 Å². The number of hydrogen-bond donors (Lipinski definition) is 2. The summed E-state index contributed by atoms with van der Waals surface area (Å²) in [7, 11) is 0. The maximum absolute atomic E-state index is 11.9. The van der Waals surface area contributed by atoms with Gasteiger partial charge in [0, 0.05) is 38.9 Å². The topological polar surface area (TPSA) is 76.9 Å². The summed E-state index contributed by atoms with van der Waals surface area (Å²) in [5, 5.41) is 18.9. The monoisotopic (exact) mass is 405 g/mol. The van der Waals surface area contributed by atoms with Gasteiger partial charge in [0.15, 0.2) is 0 Å². The van der Waals surface area contributed by atoms with Crippen molar-refractivity contribution < 1.29 is 15.0 Å². The van der Waals surface area contributed by atoms with Crippen LogP contribution in [0.4, 0.5) is 5.82 Å². The third-order valence-electron chi connectivity index (χ3n) is 5.08. The van der Waals surface area contributed by atoms with Gasteiger partial charge in [-0.05, 0) is 28.7 Å². The van der Waals surface area contributed by atoms with Gasteiger partial charge in [-0.2, -0.15) is 0 Å². The highest BCUT2D eigenvalue weighted by Gasteiger charge is 2.25. The molecule has 1 aromatic carbocycles. The molecule has 0 bridgehead atoms. The van der Waals surface area contributed by atoms with Crippen LogP contribution in [-0.4, -0.2) is 52.2 Å². The van der Waals surface area contributed by atoms with E-state index in [1.807, 2.05) is 44.2 Å². The van der Waals surface area contributed by atoms with Gasteiger partial charge in [-0.25, -0.2) is 9.78 Å². The zero-order chi connectivity index (χ0) is 19.4. The Morgan fingerprint density at radius 3 is 2.21 bits per heavy atom. The molecule has 1 aliphatic heterocycles. The van der Waals surface area contributed by atoms with E-state index in [1.54, 1.807) is 6.20 Å². The fourth-order valence-electron chi connectivity index (χ4n) is 3.53. The first-order chi connectivity index (χ1) is 13.0. The molecule has 2 heterocycles. The van der Waals surface area contributed by atoms with Crippen molar-refractivity contribution in [2.24, 2.45) is 0 Å². The zero-order valence-corrected chi connectivity index (χ0v) is 17.2. The maximum Gasteiger partial charge on any atom is 0.339 e. The molecule has 0 radical (unpaired) electrons. The minimum absolute atomic E-state index is 0. The molecule has 0 unspecified atom stereocenters. The van der Waals surface area contributed by atoms with Gasteiger partial charge < -0.3 is 15.1 Å². The second kappa shape index (κ2) is 9.87. The number of piperazine rings is 1. The average molecular weight is 406 g/mol. The lowest BCUT2D eigenvalue weighted by Crippen LogP contribution is -2.46. The van der Waals surface area contributed by atoms with Crippen LogP contribution in [0.25, 0.3) is 0 Å². The first kappa shape index (κ1) is 22.1. The van der Waals surface area contributed by atoms with Gasteiger partial charge >= 0.3 is 5.97 Å². The van der Waals surface area contributed by atoms with E-state index in [4.69, 9.17) is 5.11 Å². The molecule has 0 aliphatic carbocycles. The Morgan fingerprint density at radius 2 is 1.68 bits per heavy atom. The number of hydrogen-bond acceptors (Lipinski definition) is 5. The van der Waals surface area contributed by atoms with Crippen LogP contribution in [0.3, 0.4) is 0 Å². The molecular formula is C21H28ClN3O3. The second-order valence-electron chi connectivity index (χ2n) is 7.30. The number of aliphatic hydroxyl groups excluding tert-OH is 1. The molecule has 6 nitrogen and oxygen atoms in total. The molecule has 0 atom stereocenters. The van der Waals surface area contributed by atoms with E-state index < -0.39 is 5.97 Å². The summed E-state index contributed by atoms with van der Waals surface area (Å²) in [6.07, 6.45) is 1.71. The van der Waals surface area contributed by atoms with Crippen molar-refractivity contribution in [1.82, 2.24) is 9.88 Å².